The maximum absolute atomic E-state index is 5.39. The van der Waals surface area contributed by atoms with Crippen molar-refractivity contribution in [2.75, 3.05) is 55.6 Å². The van der Waals surface area contributed by atoms with Gasteiger partial charge in [0.2, 0.25) is 17.8 Å². The van der Waals surface area contributed by atoms with Crippen molar-refractivity contribution < 1.29 is 4.74 Å². The van der Waals surface area contributed by atoms with Crippen LogP contribution in [0.3, 0.4) is 0 Å². The Morgan fingerprint density at radius 1 is 1.12 bits per heavy atom. The molecule has 8 heteroatoms. The Morgan fingerprint density at radius 2 is 1.84 bits per heavy atom. The van der Waals surface area contributed by atoms with E-state index in [9.17, 15) is 0 Å². The molecule has 1 N–H and O–H groups in total. The molecule has 0 bridgehead atoms. The molecule has 1 saturated heterocycles. The Labute approximate surface area is 147 Å². The first-order valence-corrected chi connectivity index (χ1v) is 8.23. The molecular weight excluding hydrogens is 318 g/mol. The highest BCUT2D eigenvalue weighted by Gasteiger charge is 2.17. The molecule has 1 aliphatic heterocycles. The molecule has 132 valence electrons. The highest BCUT2D eigenvalue weighted by molar-refractivity contribution is 5.80. The smallest absolute Gasteiger partial charge is 0.250 e. The van der Waals surface area contributed by atoms with Gasteiger partial charge < -0.3 is 14.5 Å². The third-order valence-corrected chi connectivity index (χ3v) is 3.76. The Balaban J connectivity index is 1.77. The number of nitrogens with zero attached hydrogens (tertiary/aromatic N) is 6. The zero-order chi connectivity index (χ0) is 17.6. The van der Waals surface area contributed by atoms with Crippen molar-refractivity contribution in [3.63, 3.8) is 0 Å². The van der Waals surface area contributed by atoms with Gasteiger partial charge in [-0.15, -0.1) is 0 Å². The van der Waals surface area contributed by atoms with E-state index in [0.717, 1.165) is 18.7 Å². The summed E-state index contributed by atoms with van der Waals surface area (Å²) in [4.78, 5) is 17.3. The Kier molecular flexibility index (Phi) is 5.39. The summed E-state index contributed by atoms with van der Waals surface area (Å²) < 4.78 is 5.39. The number of nitrogens with one attached hydrogen (secondary N) is 1. The largest absolute Gasteiger partial charge is 0.378 e. The highest BCUT2D eigenvalue weighted by Crippen LogP contribution is 2.16. The van der Waals surface area contributed by atoms with Crippen molar-refractivity contribution in [1.29, 1.82) is 0 Å². The van der Waals surface area contributed by atoms with Crippen LogP contribution in [0.25, 0.3) is 0 Å². The molecule has 0 amide bonds. The second-order valence-corrected chi connectivity index (χ2v) is 6.03. The molecule has 0 atom stereocenters. The Hall–Kier alpha value is -2.74. The Morgan fingerprint density at radius 3 is 2.52 bits per heavy atom. The molecule has 2 heterocycles. The quantitative estimate of drug-likeness (QED) is 0.652. The number of ether oxygens (including phenoxy) is 1. The number of rotatable bonds is 5. The SMILES string of the molecule is Cc1ccc(C=NNc2nc(N(C)C)nc(N3CCOCC3)n2)cc1. The first kappa shape index (κ1) is 17.1. The lowest BCUT2D eigenvalue weighted by atomic mass is 10.2. The molecule has 1 aromatic heterocycles. The number of aromatic nitrogens is 3. The van der Waals surface area contributed by atoms with Crippen molar-refractivity contribution >= 4 is 24.1 Å². The number of hydrazone groups is 1. The van der Waals surface area contributed by atoms with E-state index in [-0.39, 0.29) is 0 Å². The van der Waals surface area contributed by atoms with Crippen molar-refractivity contribution in [2.45, 2.75) is 6.92 Å². The van der Waals surface area contributed by atoms with Crippen LogP contribution >= 0.6 is 0 Å². The highest BCUT2D eigenvalue weighted by atomic mass is 16.5. The van der Waals surface area contributed by atoms with Gasteiger partial charge >= 0.3 is 0 Å². The fraction of sp³-hybridized carbons (Fsp3) is 0.412. The third-order valence-electron chi connectivity index (χ3n) is 3.76. The third kappa shape index (κ3) is 4.63. The fourth-order valence-electron chi connectivity index (χ4n) is 2.33. The normalized spacial score (nSPS) is 14.8. The van der Waals surface area contributed by atoms with Gasteiger partial charge in [-0.05, 0) is 12.5 Å². The Bertz CT molecular complexity index is 724. The van der Waals surface area contributed by atoms with Crippen molar-refractivity contribution in [3.8, 4) is 0 Å². The summed E-state index contributed by atoms with van der Waals surface area (Å²) in [6.07, 6.45) is 1.74. The number of anilines is 3. The fourth-order valence-corrected chi connectivity index (χ4v) is 2.33. The van der Waals surface area contributed by atoms with Crippen LogP contribution < -0.4 is 15.2 Å². The van der Waals surface area contributed by atoms with E-state index in [1.165, 1.54) is 5.56 Å². The molecule has 0 aliphatic carbocycles. The molecule has 0 radical (unpaired) electrons. The van der Waals surface area contributed by atoms with Gasteiger partial charge in [-0.2, -0.15) is 20.1 Å². The van der Waals surface area contributed by atoms with Crippen LogP contribution in [-0.2, 0) is 4.74 Å². The second-order valence-electron chi connectivity index (χ2n) is 6.03. The van der Waals surface area contributed by atoms with Crippen LogP contribution in [-0.4, -0.2) is 61.6 Å². The molecule has 1 aliphatic rings. The molecule has 1 aromatic carbocycles. The molecule has 1 fully saturated rings. The number of benzene rings is 1. The predicted molar refractivity (Wildman–Crippen MR) is 99.6 cm³/mol. The van der Waals surface area contributed by atoms with E-state index >= 15 is 0 Å². The lowest BCUT2D eigenvalue weighted by molar-refractivity contribution is 0.122. The topological polar surface area (TPSA) is 78.8 Å². The molecule has 8 nitrogen and oxygen atoms in total. The first-order valence-electron chi connectivity index (χ1n) is 8.23. The monoisotopic (exact) mass is 341 g/mol. The molecular formula is C17H23N7O. The molecule has 0 spiro atoms. The van der Waals surface area contributed by atoms with Gasteiger partial charge in [0.15, 0.2) is 0 Å². The van der Waals surface area contributed by atoms with Crippen molar-refractivity contribution in [3.05, 3.63) is 35.4 Å². The van der Waals surface area contributed by atoms with Crippen molar-refractivity contribution in [1.82, 2.24) is 15.0 Å². The van der Waals surface area contributed by atoms with Gasteiger partial charge in [-0.3, -0.25) is 0 Å². The van der Waals surface area contributed by atoms with Gasteiger partial charge in [0.05, 0.1) is 19.4 Å². The van der Waals surface area contributed by atoms with Gasteiger partial charge in [0.1, 0.15) is 0 Å². The van der Waals surface area contributed by atoms with E-state index < -0.39 is 0 Å². The molecule has 0 saturated carbocycles. The number of morpholine rings is 1. The van der Waals surface area contributed by atoms with E-state index in [2.05, 4.69) is 37.3 Å². The summed E-state index contributed by atoms with van der Waals surface area (Å²) in [5, 5.41) is 4.24. The zero-order valence-corrected chi connectivity index (χ0v) is 14.8. The van der Waals surface area contributed by atoms with E-state index in [1.54, 1.807) is 6.21 Å². The zero-order valence-electron chi connectivity index (χ0n) is 14.8. The molecule has 3 rings (SSSR count). The summed E-state index contributed by atoms with van der Waals surface area (Å²) >= 11 is 0. The lowest BCUT2D eigenvalue weighted by Crippen LogP contribution is -2.37. The van der Waals surface area contributed by atoms with Crippen LogP contribution in [0, 0.1) is 6.92 Å². The van der Waals surface area contributed by atoms with Crippen molar-refractivity contribution in [2.24, 2.45) is 5.10 Å². The molecule has 0 unspecified atom stereocenters. The molecule has 2 aromatic rings. The minimum absolute atomic E-state index is 0.420. The summed E-state index contributed by atoms with van der Waals surface area (Å²) in [5.74, 6) is 1.64. The summed E-state index contributed by atoms with van der Waals surface area (Å²) in [6.45, 7) is 4.94. The van der Waals surface area contributed by atoms with E-state index in [0.29, 0.717) is 31.1 Å². The minimum Gasteiger partial charge on any atom is -0.378 e. The maximum Gasteiger partial charge on any atom is 0.250 e. The lowest BCUT2D eigenvalue weighted by Gasteiger charge is -2.27. The van der Waals surface area contributed by atoms with Crippen LogP contribution in [0.1, 0.15) is 11.1 Å². The minimum atomic E-state index is 0.420. The van der Waals surface area contributed by atoms with Gasteiger partial charge in [0, 0.05) is 27.2 Å². The van der Waals surface area contributed by atoms with Crippen LogP contribution in [0.4, 0.5) is 17.8 Å². The average Bonchev–Trinajstić information content (AvgIpc) is 2.64. The summed E-state index contributed by atoms with van der Waals surface area (Å²) in [7, 11) is 3.80. The number of hydrogen-bond donors (Lipinski definition) is 1. The second kappa shape index (κ2) is 7.89. The standard InChI is InChI=1S/C17H23N7O/c1-13-4-6-14(7-5-13)12-18-22-15-19-16(23(2)3)21-17(20-15)24-8-10-25-11-9-24/h4-7,12H,8-11H2,1-3H3,(H,19,20,21,22). The van der Waals surface area contributed by atoms with Crippen LogP contribution in [0.5, 0.6) is 0 Å². The average molecular weight is 341 g/mol. The van der Waals surface area contributed by atoms with Gasteiger partial charge in [-0.25, -0.2) is 5.43 Å². The van der Waals surface area contributed by atoms with Gasteiger partial charge in [-0.1, -0.05) is 29.8 Å². The number of aryl methyl sites for hydroxylation is 1. The van der Waals surface area contributed by atoms with Crippen LogP contribution in [0.15, 0.2) is 29.4 Å². The summed E-state index contributed by atoms with van der Waals surface area (Å²) in [6, 6.07) is 8.12. The molecule has 25 heavy (non-hydrogen) atoms. The van der Waals surface area contributed by atoms with E-state index in [4.69, 9.17) is 4.74 Å². The van der Waals surface area contributed by atoms with Crippen LogP contribution in [0.2, 0.25) is 0 Å². The van der Waals surface area contributed by atoms with E-state index in [1.807, 2.05) is 43.3 Å². The number of hydrogen-bond acceptors (Lipinski definition) is 8. The maximum atomic E-state index is 5.39. The first-order chi connectivity index (χ1) is 12.1. The summed E-state index contributed by atoms with van der Waals surface area (Å²) in [5.41, 5.74) is 5.13. The van der Waals surface area contributed by atoms with Gasteiger partial charge in [0.25, 0.3) is 0 Å². The predicted octanol–water partition coefficient (Wildman–Crippen LogP) is 1.53.